The van der Waals surface area contributed by atoms with Crippen LogP contribution in [0.5, 0.6) is 0 Å². The van der Waals surface area contributed by atoms with Crippen molar-refractivity contribution in [1.29, 1.82) is 0 Å². The van der Waals surface area contributed by atoms with Crippen molar-refractivity contribution in [2.24, 2.45) is 0 Å². The normalized spacial score (nSPS) is 10.8. The molecule has 1 amide bonds. The average Bonchev–Trinajstić information content (AvgIpc) is 3.40. The van der Waals surface area contributed by atoms with Crippen molar-refractivity contribution >= 4 is 5.91 Å². The van der Waals surface area contributed by atoms with Crippen molar-refractivity contribution in [3.63, 3.8) is 0 Å². The Morgan fingerprint density at radius 2 is 1.76 bits per heavy atom. The van der Waals surface area contributed by atoms with E-state index in [0.717, 1.165) is 23.4 Å². The molecule has 0 atom stereocenters. The standard InChI is InChI=1S/C22H22N6O/c1-2-20-19(13-25-28(20)15-17-9-5-3-6-10-17)22(29)23-14-21-26-24-16-27(21)18-11-7-4-8-12-18/h3-13,16H,2,14-15H2,1H3,(H,23,29). The number of hydrogen-bond donors (Lipinski definition) is 1. The van der Waals surface area contributed by atoms with Crippen molar-refractivity contribution in [2.45, 2.75) is 26.4 Å². The minimum absolute atomic E-state index is 0.163. The van der Waals surface area contributed by atoms with Gasteiger partial charge in [0.15, 0.2) is 5.82 Å². The quantitative estimate of drug-likeness (QED) is 0.530. The lowest BCUT2D eigenvalue weighted by Gasteiger charge is -2.09. The summed E-state index contributed by atoms with van der Waals surface area (Å²) >= 11 is 0. The maximum Gasteiger partial charge on any atom is 0.255 e. The summed E-state index contributed by atoms with van der Waals surface area (Å²) in [6.07, 6.45) is 4.00. The molecule has 0 bridgehead atoms. The van der Waals surface area contributed by atoms with E-state index in [0.29, 0.717) is 17.9 Å². The maximum absolute atomic E-state index is 12.8. The second-order valence-electron chi connectivity index (χ2n) is 6.64. The predicted molar refractivity (Wildman–Crippen MR) is 110 cm³/mol. The molecule has 0 aliphatic carbocycles. The highest BCUT2D eigenvalue weighted by molar-refractivity contribution is 5.95. The van der Waals surface area contributed by atoms with E-state index in [2.05, 4.69) is 32.7 Å². The Morgan fingerprint density at radius 3 is 2.48 bits per heavy atom. The van der Waals surface area contributed by atoms with Crippen LogP contribution in [0.15, 0.2) is 73.2 Å². The van der Waals surface area contributed by atoms with Gasteiger partial charge in [0.25, 0.3) is 5.91 Å². The van der Waals surface area contributed by atoms with Crippen LogP contribution in [-0.2, 0) is 19.5 Å². The van der Waals surface area contributed by atoms with Gasteiger partial charge in [0, 0.05) is 5.69 Å². The van der Waals surface area contributed by atoms with Gasteiger partial charge in [0.1, 0.15) is 6.33 Å². The van der Waals surface area contributed by atoms with E-state index in [1.807, 2.05) is 64.7 Å². The third-order valence-corrected chi connectivity index (χ3v) is 4.76. The van der Waals surface area contributed by atoms with Crippen molar-refractivity contribution in [1.82, 2.24) is 29.9 Å². The molecule has 0 aliphatic rings. The fraction of sp³-hybridized carbons (Fsp3) is 0.182. The van der Waals surface area contributed by atoms with Gasteiger partial charge in [0.2, 0.25) is 0 Å². The molecular weight excluding hydrogens is 364 g/mol. The van der Waals surface area contributed by atoms with Crippen LogP contribution >= 0.6 is 0 Å². The van der Waals surface area contributed by atoms with Crippen LogP contribution in [-0.4, -0.2) is 30.5 Å². The summed E-state index contributed by atoms with van der Waals surface area (Å²) in [5.41, 5.74) is 3.60. The largest absolute Gasteiger partial charge is 0.345 e. The summed E-state index contributed by atoms with van der Waals surface area (Å²) in [6.45, 7) is 2.95. The summed E-state index contributed by atoms with van der Waals surface area (Å²) in [6, 6.07) is 19.9. The van der Waals surface area contributed by atoms with Crippen LogP contribution in [0.1, 0.15) is 34.4 Å². The smallest absolute Gasteiger partial charge is 0.255 e. The highest BCUT2D eigenvalue weighted by atomic mass is 16.1. The van der Waals surface area contributed by atoms with E-state index < -0.39 is 0 Å². The minimum Gasteiger partial charge on any atom is -0.345 e. The SMILES string of the molecule is CCc1c(C(=O)NCc2nncn2-c2ccccc2)cnn1Cc1ccccc1. The lowest BCUT2D eigenvalue weighted by Crippen LogP contribution is -2.25. The van der Waals surface area contributed by atoms with E-state index in [-0.39, 0.29) is 12.5 Å². The summed E-state index contributed by atoms with van der Waals surface area (Å²) in [5.74, 6) is 0.503. The van der Waals surface area contributed by atoms with Crippen LogP contribution in [0.2, 0.25) is 0 Å². The van der Waals surface area contributed by atoms with Gasteiger partial charge in [-0.05, 0) is 24.1 Å². The number of aromatic nitrogens is 5. The van der Waals surface area contributed by atoms with Crippen LogP contribution in [0, 0.1) is 0 Å². The van der Waals surface area contributed by atoms with Crippen LogP contribution in [0.3, 0.4) is 0 Å². The second-order valence-corrected chi connectivity index (χ2v) is 6.64. The molecule has 0 saturated carbocycles. The molecule has 0 fully saturated rings. The highest BCUT2D eigenvalue weighted by Gasteiger charge is 2.17. The molecule has 1 N–H and O–H groups in total. The van der Waals surface area contributed by atoms with Crippen molar-refractivity contribution < 1.29 is 4.79 Å². The molecule has 0 spiro atoms. The van der Waals surface area contributed by atoms with Gasteiger partial charge in [0.05, 0.1) is 30.5 Å². The summed E-state index contributed by atoms with van der Waals surface area (Å²) < 4.78 is 3.75. The third kappa shape index (κ3) is 4.08. The van der Waals surface area contributed by atoms with Crippen molar-refractivity contribution in [3.05, 3.63) is 95.8 Å². The summed E-state index contributed by atoms with van der Waals surface area (Å²) in [7, 11) is 0. The lowest BCUT2D eigenvalue weighted by molar-refractivity contribution is 0.0948. The monoisotopic (exact) mass is 386 g/mol. The van der Waals surface area contributed by atoms with Gasteiger partial charge in [-0.3, -0.25) is 14.0 Å². The molecule has 4 aromatic rings. The number of carbonyl (C=O) groups excluding carboxylic acids is 1. The topological polar surface area (TPSA) is 77.6 Å². The Balaban J connectivity index is 1.48. The second kappa shape index (κ2) is 8.52. The first-order chi connectivity index (χ1) is 14.3. The van der Waals surface area contributed by atoms with Gasteiger partial charge < -0.3 is 5.32 Å². The Kier molecular flexibility index (Phi) is 5.47. The van der Waals surface area contributed by atoms with E-state index in [9.17, 15) is 4.79 Å². The molecule has 146 valence electrons. The molecular formula is C22H22N6O. The Labute approximate surface area is 169 Å². The zero-order valence-electron chi connectivity index (χ0n) is 16.2. The first-order valence-corrected chi connectivity index (χ1v) is 9.57. The average molecular weight is 386 g/mol. The van der Waals surface area contributed by atoms with Crippen LogP contribution < -0.4 is 5.32 Å². The van der Waals surface area contributed by atoms with E-state index in [1.54, 1.807) is 12.5 Å². The zero-order chi connectivity index (χ0) is 20.1. The van der Waals surface area contributed by atoms with Crippen LogP contribution in [0.4, 0.5) is 0 Å². The predicted octanol–water partition coefficient (Wildman–Crippen LogP) is 3.00. The molecule has 0 radical (unpaired) electrons. The van der Waals surface area contributed by atoms with Gasteiger partial charge in [-0.2, -0.15) is 5.10 Å². The first kappa shape index (κ1) is 18.6. The number of nitrogens with one attached hydrogen (secondary N) is 1. The molecule has 29 heavy (non-hydrogen) atoms. The molecule has 0 aliphatic heterocycles. The summed E-state index contributed by atoms with van der Waals surface area (Å²) in [4.78, 5) is 12.8. The molecule has 4 rings (SSSR count). The van der Waals surface area contributed by atoms with Crippen molar-refractivity contribution in [2.75, 3.05) is 0 Å². The van der Waals surface area contributed by atoms with E-state index in [4.69, 9.17) is 0 Å². The molecule has 7 heteroatoms. The number of rotatable bonds is 7. The number of nitrogens with zero attached hydrogens (tertiary/aromatic N) is 5. The Hall–Kier alpha value is -3.74. The minimum atomic E-state index is -0.163. The maximum atomic E-state index is 12.8. The van der Waals surface area contributed by atoms with Gasteiger partial charge >= 0.3 is 0 Å². The Morgan fingerprint density at radius 1 is 1.03 bits per heavy atom. The molecule has 2 heterocycles. The molecule has 0 unspecified atom stereocenters. The van der Waals surface area contributed by atoms with E-state index >= 15 is 0 Å². The number of benzene rings is 2. The first-order valence-electron chi connectivity index (χ1n) is 9.57. The number of para-hydroxylation sites is 1. The number of carbonyl (C=O) groups is 1. The molecule has 7 nitrogen and oxygen atoms in total. The van der Waals surface area contributed by atoms with Crippen LogP contribution in [0.25, 0.3) is 5.69 Å². The van der Waals surface area contributed by atoms with Gasteiger partial charge in [-0.15, -0.1) is 10.2 Å². The lowest BCUT2D eigenvalue weighted by atomic mass is 10.1. The molecule has 0 saturated heterocycles. The number of amides is 1. The molecule has 2 aromatic carbocycles. The van der Waals surface area contributed by atoms with Gasteiger partial charge in [-0.25, -0.2) is 0 Å². The summed E-state index contributed by atoms with van der Waals surface area (Å²) in [5, 5.41) is 15.5. The van der Waals surface area contributed by atoms with Gasteiger partial charge in [-0.1, -0.05) is 55.5 Å². The van der Waals surface area contributed by atoms with E-state index in [1.165, 1.54) is 0 Å². The highest BCUT2D eigenvalue weighted by Crippen LogP contribution is 2.13. The number of hydrogen-bond acceptors (Lipinski definition) is 4. The zero-order valence-corrected chi connectivity index (χ0v) is 16.2. The third-order valence-electron chi connectivity index (χ3n) is 4.76. The molecule has 2 aromatic heterocycles. The fourth-order valence-electron chi connectivity index (χ4n) is 3.30. The van der Waals surface area contributed by atoms with Crippen molar-refractivity contribution in [3.8, 4) is 5.69 Å². The fourth-order valence-corrected chi connectivity index (χ4v) is 3.30. The Bertz CT molecular complexity index is 1080.